The minimum atomic E-state index is 0. The van der Waals surface area contributed by atoms with Crippen LogP contribution in [0.2, 0.25) is 0 Å². The average molecular weight is 1360 g/mol. The van der Waals surface area contributed by atoms with Gasteiger partial charge in [-0.05, 0) is 133 Å². The second-order valence-electron chi connectivity index (χ2n) is 20.2. The van der Waals surface area contributed by atoms with Gasteiger partial charge in [-0.3, -0.25) is 0 Å². The zero-order chi connectivity index (χ0) is 54.8. The van der Waals surface area contributed by atoms with Crippen LogP contribution in [-0.4, -0.2) is 0 Å². The third-order valence-electron chi connectivity index (χ3n) is 13.1. The summed E-state index contributed by atoms with van der Waals surface area (Å²) in [6.45, 7) is 50.7. The van der Waals surface area contributed by atoms with Crippen LogP contribution in [0.25, 0.3) is 0 Å². The molecule has 79 heavy (non-hydrogen) atoms. The van der Waals surface area contributed by atoms with Gasteiger partial charge in [-0.25, -0.2) is 0 Å². The molecule has 0 atom stereocenters. The van der Waals surface area contributed by atoms with Gasteiger partial charge in [-0.15, -0.1) is 0 Å². The fourth-order valence-electron chi connectivity index (χ4n) is 6.86. The average Bonchev–Trinajstić information content (AvgIpc) is 3.31. The van der Waals surface area contributed by atoms with E-state index in [1.807, 2.05) is 24.3 Å². The Morgan fingerprint density at radius 2 is 0.468 bits per heavy atom. The maximum Gasteiger partial charge on any atom is 0 e. The molecule has 8 aromatic rings. The Kier molecular flexibility index (Phi) is 55.9. The molecule has 0 fully saturated rings. The first-order chi connectivity index (χ1) is 33.6. The molecule has 0 aliphatic heterocycles. The molecule has 420 valence electrons. The molecule has 0 unspecified atom stereocenters. The summed E-state index contributed by atoms with van der Waals surface area (Å²) >= 11 is 0. The Hall–Kier alpha value is -1.82. The second-order valence-corrected chi connectivity index (χ2v) is 20.2. The van der Waals surface area contributed by atoms with Crippen molar-refractivity contribution in [2.75, 3.05) is 0 Å². The Labute approximate surface area is 590 Å². The molecule has 0 aromatic heterocycles. The SMILES string of the molecule is C.C.C.Cc1[c-]cc(C)c(C)c1.Cc1[c-]cc(C)c(C)c1.Cc1c[c-]c(C)c(C)c1.Cc1c[c-]c(C)c(C)c1.Cc1ccc(C)c(C)c1.Cc1ccc(C)c(C)c1.Cc1ccc(C)c(C)c1.Cc1cccc(C)c1C.[Y].[Y].[Y].[Y]. The van der Waals surface area contributed by atoms with Crippen LogP contribution >= 0.6 is 0 Å². The maximum atomic E-state index is 3.17. The van der Waals surface area contributed by atoms with Gasteiger partial charge in [-0.2, -0.15) is 140 Å². The largest absolute Gasteiger partial charge is 0.180 e. The summed E-state index contributed by atoms with van der Waals surface area (Å²) in [6.07, 6.45) is 0. The molecule has 0 heterocycles. The van der Waals surface area contributed by atoms with E-state index in [2.05, 4.69) is 287 Å². The molecule has 0 saturated carbocycles. The Morgan fingerprint density at radius 1 is 0.215 bits per heavy atom. The van der Waals surface area contributed by atoms with E-state index in [4.69, 9.17) is 0 Å². The van der Waals surface area contributed by atoms with E-state index in [1.165, 1.54) is 134 Å². The normalized spacial score (nSPS) is 8.81. The number of hydrogen-bond acceptors (Lipinski definition) is 0. The van der Waals surface area contributed by atoms with Crippen LogP contribution in [0.4, 0.5) is 0 Å². The number of rotatable bonds is 0. The molecule has 0 amide bonds. The second kappa shape index (κ2) is 48.5. The van der Waals surface area contributed by atoms with Gasteiger partial charge in [0.2, 0.25) is 0 Å². The van der Waals surface area contributed by atoms with Gasteiger partial charge in [0.25, 0.3) is 0 Å². The maximum absolute atomic E-state index is 3.17. The molecule has 0 N–H and O–H groups in total. The quantitative estimate of drug-likeness (QED) is 0.133. The van der Waals surface area contributed by atoms with Gasteiger partial charge < -0.3 is 0 Å². The summed E-state index contributed by atoms with van der Waals surface area (Å²) in [6, 6.07) is 55.2. The Bertz CT molecular complexity index is 2390. The number of benzene rings is 8. The van der Waals surface area contributed by atoms with Crippen molar-refractivity contribution >= 4 is 0 Å². The summed E-state index contributed by atoms with van der Waals surface area (Å²) in [7, 11) is 0. The number of aryl methyl sites for hydroxylation is 23. The zero-order valence-electron chi connectivity index (χ0n) is 51.9. The minimum absolute atomic E-state index is 0. The van der Waals surface area contributed by atoms with E-state index in [0.717, 1.165) is 0 Å². The number of hydrogen-bond donors (Lipinski definition) is 0. The molecular formula is C75H104Y4-4. The fourth-order valence-corrected chi connectivity index (χ4v) is 6.86. The van der Waals surface area contributed by atoms with Gasteiger partial charge in [0.1, 0.15) is 0 Å². The summed E-state index contributed by atoms with van der Waals surface area (Å²) in [5.41, 5.74) is 32.0. The van der Waals surface area contributed by atoms with E-state index in [9.17, 15) is 0 Å². The first kappa shape index (κ1) is 90.9. The van der Waals surface area contributed by atoms with Gasteiger partial charge in [0, 0.05) is 131 Å². The molecule has 8 rings (SSSR count). The van der Waals surface area contributed by atoms with E-state index < -0.39 is 0 Å². The summed E-state index contributed by atoms with van der Waals surface area (Å²) in [5.74, 6) is 0. The Morgan fingerprint density at radius 3 is 0.658 bits per heavy atom. The van der Waals surface area contributed by atoms with Gasteiger partial charge >= 0.3 is 0 Å². The van der Waals surface area contributed by atoms with Gasteiger partial charge in [0.15, 0.2) is 0 Å². The van der Waals surface area contributed by atoms with Crippen LogP contribution in [0.3, 0.4) is 0 Å². The van der Waals surface area contributed by atoms with Crippen LogP contribution in [0.1, 0.15) is 156 Å². The third-order valence-corrected chi connectivity index (χ3v) is 13.1. The molecule has 0 aliphatic rings. The van der Waals surface area contributed by atoms with Crippen molar-refractivity contribution in [1.82, 2.24) is 0 Å². The molecule has 4 radical (unpaired) electrons. The molecule has 0 saturated heterocycles. The van der Waals surface area contributed by atoms with Gasteiger partial charge in [-0.1, -0.05) is 195 Å². The van der Waals surface area contributed by atoms with Crippen molar-refractivity contribution in [2.24, 2.45) is 0 Å². The summed E-state index contributed by atoms with van der Waals surface area (Å²) < 4.78 is 0. The molecular weight excluding hydrogens is 1260 g/mol. The molecule has 8 aromatic carbocycles. The first-order valence-corrected chi connectivity index (χ1v) is 25.6. The van der Waals surface area contributed by atoms with Crippen molar-refractivity contribution in [3.8, 4) is 0 Å². The van der Waals surface area contributed by atoms with E-state index in [1.54, 1.807) is 0 Å². The van der Waals surface area contributed by atoms with Crippen molar-refractivity contribution < 1.29 is 131 Å². The Balaban J connectivity index is -0.000000148. The third kappa shape index (κ3) is 39.4. The van der Waals surface area contributed by atoms with Crippen molar-refractivity contribution in [1.29, 1.82) is 0 Å². The van der Waals surface area contributed by atoms with Crippen LogP contribution in [0.15, 0.2) is 121 Å². The van der Waals surface area contributed by atoms with Crippen LogP contribution in [-0.2, 0) is 131 Å². The molecule has 0 spiro atoms. The van der Waals surface area contributed by atoms with E-state index >= 15 is 0 Å². The minimum Gasteiger partial charge on any atom is -0.180 e. The summed E-state index contributed by atoms with van der Waals surface area (Å²) in [4.78, 5) is 0. The molecule has 0 aliphatic carbocycles. The molecule has 0 nitrogen and oxygen atoms in total. The van der Waals surface area contributed by atoms with E-state index in [-0.39, 0.29) is 153 Å². The van der Waals surface area contributed by atoms with Crippen LogP contribution in [0, 0.1) is 190 Å². The van der Waals surface area contributed by atoms with Crippen LogP contribution in [0.5, 0.6) is 0 Å². The van der Waals surface area contributed by atoms with Crippen molar-refractivity contribution in [3.05, 3.63) is 279 Å². The van der Waals surface area contributed by atoms with Crippen molar-refractivity contribution in [3.63, 3.8) is 0 Å². The van der Waals surface area contributed by atoms with Gasteiger partial charge in [0.05, 0.1) is 0 Å². The monoisotopic (exact) mass is 1360 g/mol. The van der Waals surface area contributed by atoms with Crippen LogP contribution < -0.4 is 0 Å². The predicted octanol–water partition coefficient (Wildman–Crippen LogP) is 22.0. The predicted molar refractivity (Wildman–Crippen MR) is 341 cm³/mol. The topological polar surface area (TPSA) is 0 Å². The molecule has 0 bridgehead atoms. The first-order valence-electron chi connectivity index (χ1n) is 25.6. The van der Waals surface area contributed by atoms with E-state index in [0.29, 0.717) is 0 Å². The fraction of sp³-hybridized carbons (Fsp3) is 0.360. The van der Waals surface area contributed by atoms with Crippen molar-refractivity contribution in [2.45, 2.75) is 188 Å². The zero-order valence-corrected chi connectivity index (χ0v) is 63.2. The molecule has 4 heteroatoms. The standard InChI is InChI=1S/3C9H12.4C9H11.C9H12.3CH4.4Y/c7*1-7-4-5-8(2)9(3)6-7;1-7-5-4-6-8(2)9(7)3;;;;;;;/h3*4-6H,1-3H3;2*5-6H,1-3H3;2*4,6H,1-3H3;4-6H,1-3H3;3*1H4;;;;/q;;;4*-1;;;;;;;;. The summed E-state index contributed by atoms with van der Waals surface area (Å²) in [5, 5.41) is 0. The smallest absolute Gasteiger partial charge is 0 e.